The molecule has 4 rings (SSSR count). The van der Waals surface area contributed by atoms with Crippen molar-refractivity contribution in [1.82, 2.24) is 10.2 Å². The van der Waals surface area contributed by atoms with Gasteiger partial charge in [-0.1, -0.05) is 77.3 Å². The van der Waals surface area contributed by atoms with E-state index in [0.717, 1.165) is 46.8 Å². The summed E-state index contributed by atoms with van der Waals surface area (Å²) >= 11 is 3.55. The van der Waals surface area contributed by atoms with Gasteiger partial charge < -0.3 is 15.0 Å². The van der Waals surface area contributed by atoms with Gasteiger partial charge in [-0.3, -0.25) is 9.59 Å². The average molecular weight is 582 g/mol. The molecule has 0 aromatic heterocycles. The first-order chi connectivity index (χ1) is 18.3. The summed E-state index contributed by atoms with van der Waals surface area (Å²) in [5.74, 6) is -0.452. The Morgan fingerprint density at radius 1 is 1.03 bits per heavy atom. The molecule has 1 N–H and O–H groups in total. The van der Waals surface area contributed by atoms with Crippen LogP contribution in [-0.2, 0) is 22.6 Å². The topological polar surface area (TPSA) is 58.6 Å². The minimum absolute atomic E-state index is 0.0388. The number of aryl methyl sites for hydroxylation is 2. The molecule has 2 amide bonds. The summed E-state index contributed by atoms with van der Waals surface area (Å²) in [6.07, 6.45) is 4.32. The minimum Gasteiger partial charge on any atom is -0.484 e. The Hall–Kier alpha value is -3.19. The van der Waals surface area contributed by atoms with Crippen LogP contribution in [-0.4, -0.2) is 35.4 Å². The molecule has 1 aliphatic carbocycles. The predicted octanol–water partition coefficient (Wildman–Crippen LogP) is 6.28. The van der Waals surface area contributed by atoms with E-state index in [1.807, 2.05) is 56.3 Å². The van der Waals surface area contributed by atoms with Crippen molar-refractivity contribution < 1.29 is 18.7 Å². The quantitative estimate of drug-likeness (QED) is 0.307. The summed E-state index contributed by atoms with van der Waals surface area (Å²) in [7, 11) is 0. The molecule has 0 radical (unpaired) electrons. The van der Waals surface area contributed by atoms with E-state index in [1.165, 1.54) is 11.0 Å². The number of nitrogens with zero attached hydrogens (tertiary/aromatic N) is 1. The summed E-state index contributed by atoms with van der Waals surface area (Å²) < 4.78 is 21.6. The molecule has 3 aromatic carbocycles. The van der Waals surface area contributed by atoms with Gasteiger partial charge >= 0.3 is 0 Å². The van der Waals surface area contributed by atoms with Gasteiger partial charge in [0.2, 0.25) is 5.91 Å². The van der Waals surface area contributed by atoms with Crippen LogP contribution in [0.3, 0.4) is 0 Å². The van der Waals surface area contributed by atoms with Crippen molar-refractivity contribution >= 4 is 27.7 Å². The predicted molar refractivity (Wildman–Crippen MR) is 150 cm³/mol. The van der Waals surface area contributed by atoms with Crippen LogP contribution in [0.1, 0.15) is 47.9 Å². The lowest BCUT2D eigenvalue weighted by molar-refractivity contribution is -0.143. The maximum absolute atomic E-state index is 14.7. The summed E-state index contributed by atoms with van der Waals surface area (Å²) in [5, 5.41) is 3.16. The van der Waals surface area contributed by atoms with Crippen molar-refractivity contribution in [3.05, 3.63) is 99.3 Å². The summed E-state index contributed by atoms with van der Waals surface area (Å²) in [6.45, 7) is 3.61. The number of hydrogen-bond acceptors (Lipinski definition) is 3. The van der Waals surface area contributed by atoms with E-state index in [1.54, 1.807) is 18.2 Å². The fraction of sp³-hybridized carbons (Fsp3) is 0.355. The maximum Gasteiger partial charge on any atom is 0.261 e. The molecule has 200 valence electrons. The Morgan fingerprint density at radius 3 is 2.32 bits per heavy atom. The Kier molecular flexibility index (Phi) is 9.56. The Bertz CT molecular complexity index is 1240. The largest absolute Gasteiger partial charge is 0.484 e. The summed E-state index contributed by atoms with van der Waals surface area (Å²) in [6, 6.07) is 19.0. The molecule has 1 atom stereocenters. The van der Waals surface area contributed by atoms with Crippen molar-refractivity contribution in [1.29, 1.82) is 0 Å². The molecule has 0 bridgehead atoms. The minimum atomic E-state index is -0.818. The third-order valence-corrected chi connectivity index (χ3v) is 8.29. The van der Waals surface area contributed by atoms with Gasteiger partial charge in [0.05, 0.1) is 0 Å². The highest BCUT2D eigenvalue weighted by molar-refractivity contribution is 9.10. The van der Waals surface area contributed by atoms with E-state index < -0.39 is 11.9 Å². The van der Waals surface area contributed by atoms with Gasteiger partial charge in [-0.2, -0.15) is 0 Å². The molecule has 0 heterocycles. The van der Waals surface area contributed by atoms with Crippen molar-refractivity contribution in [3.63, 3.8) is 0 Å². The molecule has 7 heteroatoms. The van der Waals surface area contributed by atoms with Crippen LogP contribution in [0.25, 0.3) is 0 Å². The second-order valence-corrected chi connectivity index (χ2v) is 10.8. The lowest BCUT2D eigenvalue weighted by Gasteiger charge is -2.32. The van der Waals surface area contributed by atoms with Gasteiger partial charge in [0, 0.05) is 29.0 Å². The number of nitrogens with one attached hydrogen (secondary N) is 1. The van der Waals surface area contributed by atoms with E-state index in [2.05, 4.69) is 21.2 Å². The van der Waals surface area contributed by atoms with Crippen molar-refractivity contribution in [2.75, 3.05) is 6.61 Å². The van der Waals surface area contributed by atoms with E-state index >= 15 is 0 Å². The molecular formula is C31H34BrFN2O3. The van der Waals surface area contributed by atoms with Gasteiger partial charge in [0.25, 0.3) is 5.91 Å². The lowest BCUT2D eigenvalue weighted by atomic mass is 10.0. The Balaban J connectivity index is 1.63. The average Bonchev–Trinajstić information content (AvgIpc) is 3.42. The highest BCUT2D eigenvalue weighted by Gasteiger charge is 2.33. The zero-order valence-electron chi connectivity index (χ0n) is 21.9. The van der Waals surface area contributed by atoms with E-state index in [-0.39, 0.29) is 31.0 Å². The monoisotopic (exact) mass is 580 g/mol. The molecule has 1 unspecified atom stereocenters. The molecule has 1 fully saturated rings. The molecule has 3 aromatic rings. The number of benzene rings is 3. The van der Waals surface area contributed by atoms with E-state index in [4.69, 9.17) is 4.74 Å². The maximum atomic E-state index is 14.7. The van der Waals surface area contributed by atoms with Crippen LogP contribution >= 0.6 is 15.9 Å². The zero-order chi connectivity index (χ0) is 27.1. The molecular weight excluding hydrogens is 547 g/mol. The molecule has 0 spiro atoms. The highest BCUT2D eigenvalue weighted by atomic mass is 79.9. The normalized spacial score (nSPS) is 14.2. The van der Waals surface area contributed by atoms with Crippen LogP contribution in [0.4, 0.5) is 4.39 Å². The summed E-state index contributed by atoms with van der Waals surface area (Å²) in [4.78, 5) is 28.9. The Morgan fingerprint density at radius 2 is 1.66 bits per heavy atom. The number of carbonyl (C=O) groups is 2. The first-order valence-corrected chi connectivity index (χ1v) is 13.9. The third kappa shape index (κ3) is 7.22. The van der Waals surface area contributed by atoms with Crippen LogP contribution in [0.15, 0.2) is 71.2 Å². The lowest BCUT2D eigenvalue weighted by Crippen LogP contribution is -2.53. The molecule has 0 saturated heterocycles. The molecule has 38 heavy (non-hydrogen) atoms. The van der Waals surface area contributed by atoms with Gasteiger partial charge in [0.1, 0.15) is 17.6 Å². The van der Waals surface area contributed by atoms with Crippen molar-refractivity contribution in [2.45, 2.75) is 64.6 Å². The Labute approximate surface area is 232 Å². The van der Waals surface area contributed by atoms with Crippen LogP contribution in [0, 0.1) is 19.7 Å². The van der Waals surface area contributed by atoms with Crippen LogP contribution < -0.4 is 10.1 Å². The molecule has 0 aliphatic heterocycles. The molecule has 5 nitrogen and oxygen atoms in total. The summed E-state index contributed by atoms with van der Waals surface area (Å²) in [5.41, 5.74) is 3.26. The van der Waals surface area contributed by atoms with Crippen LogP contribution in [0.5, 0.6) is 5.75 Å². The number of amides is 2. The second kappa shape index (κ2) is 13.1. The SMILES string of the molecule is Cc1cc(OCC(=O)N(Cc2ccccc2F)C(Cc2ccccc2)C(=O)NC2CCCC2)cc(C)c1Br. The zero-order valence-corrected chi connectivity index (χ0v) is 23.5. The molecule has 1 saturated carbocycles. The van der Waals surface area contributed by atoms with Gasteiger partial charge in [-0.05, 0) is 61.6 Å². The third-order valence-electron chi connectivity index (χ3n) is 7.04. The van der Waals surface area contributed by atoms with Gasteiger partial charge in [-0.15, -0.1) is 0 Å². The first kappa shape index (κ1) is 27.8. The van der Waals surface area contributed by atoms with Crippen molar-refractivity contribution in [3.8, 4) is 5.75 Å². The fourth-order valence-electron chi connectivity index (χ4n) is 4.95. The highest BCUT2D eigenvalue weighted by Crippen LogP contribution is 2.27. The van der Waals surface area contributed by atoms with E-state index in [9.17, 15) is 14.0 Å². The standard InChI is InChI=1S/C31H34BrFN2O3/c1-21-16-26(17-22(2)30(21)32)38-20-29(36)35(19-24-12-6-9-15-27(24)33)28(18-23-10-4-3-5-11-23)31(37)34-25-13-7-8-14-25/h3-6,9-12,15-17,25,28H,7-8,13-14,18-20H2,1-2H3,(H,34,37). The van der Waals surface area contributed by atoms with Gasteiger partial charge in [-0.25, -0.2) is 4.39 Å². The number of rotatable bonds is 10. The second-order valence-electron chi connectivity index (χ2n) is 9.97. The molecule has 1 aliphatic rings. The first-order valence-electron chi connectivity index (χ1n) is 13.1. The van der Waals surface area contributed by atoms with E-state index in [0.29, 0.717) is 17.7 Å². The fourth-order valence-corrected chi connectivity index (χ4v) is 5.18. The van der Waals surface area contributed by atoms with Crippen molar-refractivity contribution in [2.24, 2.45) is 0 Å². The smallest absolute Gasteiger partial charge is 0.261 e. The number of ether oxygens (including phenoxy) is 1. The number of hydrogen-bond donors (Lipinski definition) is 1. The number of carbonyl (C=O) groups excluding carboxylic acids is 2. The number of halogens is 2. The van der Waals surface area contributed by atoms with Crippen LogP contribution in [0.2, 0.25) is 0 Å². The van der Waals surface area contributed by atoms with Gasteiger partial charge in [0.15, 0.2) is 6.61 Å².